The van der Waals surface area contributed by atoms with E-state index in [1.807, 2.05) is 38.1 Å². The fourth-order valence-electron chi connectivity index (χ4n) is 3.67. The van der Waals surface area contributed by atoms with Crippen molar-refractivity contribution in [2.24, 2.45) is 9.50 Å². The van der Waals surface area contributed by atoms with Crippen LogP contribution in [0.2, 0.25) is 0 Å². The number of pyridine rings is 1. The number of nitrogens with one attached hydrogen (secondary N) is 1. The molecule has 10 nitrogen and oxygen atoms in total. The van der Waals surface area contributed by atoms with Gasteiger partial charge in [0.25, 0.3) is 0 Å². The Kier molecular flexibility index (Phi) is 6.34. The van der Waals surface area contributed by atoms with Gasteiger partial charge in [0.2, 0.25) is 11.8 Å². The molecule has 0 radical (unpaired) electrons. The van der Waals surface area contributed by atoms with E-state index in [9.17, 15) is 9.00 Å². The standard InChI is InChI=1S/C22H26N6O4S/c1-14(2)16-6-4-7-17(15-8-9-24-19(12-15)31-3)20(16)26-22(29)27-33(23,30)18-13-25-28-10-5-11-32-21(18)28/h4,6-9,12-14H,5,10-11H2,1-3H3,(H3,23,26,27,29,30)/t33-/m0/s1. The number of fused-ring (bicyclic) bond motifs is 1. The van der Waals surface area contributed by atoms with Crippen LogP contribution in [-0.2, 0) is 16.5 Å². The largest absolute Gasteiger partial charge is 0.481 e. The van der Waals surface area contributed by atoms with Crippen molar-refractivity contribution >= 4 is 21.6 Å². The van der Waals surface area contributed by atoms with Gasteiger partial charge in [-0.25, -0.2) is 23.8 Å². The SMILES string of the molecule is COc1cc(-c2cccc(C(C)C)c2NC(=O)N=[S@](N)(=O)c2cnn3c2OCCC3)ccn1. The quantitative estimate of drug-likeness (QED) is 0.583. The molecule has 3 aromatic rings. The molecule has 1 aliphatic rings. The molecule has 2 aromatic heterocycles. The summed E-state index contributed by atoms with van der Waals surface area (Å²) in [7, 11) is -2.04. The number of nitrogens with zero attached hydrogens (tertiary/aromatic N) is 4. The normalized spacial score (nSPS) is 14.7. The zero-order valence-corrected chi connectivity index (χ0v) is 19.5. The second kappa shape index (κ2) is 9.20. The molecule has 0 bridgehead atoms. The van der Waals surface area contributed by atoms with Gasteiger partial charge in [0.15, 0.2) is 9.92 Å². The summed E-state index contributed by atoms with van der Waals surface area (Å²) in [4.78, 5) is 17.2. The minimum atomic E-state index is -3.57. The number of carbonyl (C=O) groups is 1. The number of amides is 2. The Labute approximate surface area is 192 Å². The number of aryl methyl sites for hydroxylation is 1. The summed E-state index contributed by atoms with van der Waals surface area (Å²) < 4.78 is 29.3. The van der Waals surface area contributed by atoms with E-state index in [4.69, 9.17) is 14.6 Å². The van der Waals surface area contributed by atoms with Crippen molar-refractivity contribution in [1.82, 2.24) is 14.8 Å². The van der Waals surface area contributed by atoms with Crippen LogP contribution in [0, 0.1) is 0 Å². The Bertz CT molecular complexity index is 1310. The predicted octanol–water partition coefficient (Wildman–Crippen LogP) is 3.79. The van der Waals surface area contributed by atoms with Crippen molar-refractivity contribution in [3.05, 3.63) is 48.3 Å². The number of benzene rings is 1. The first-order chi connectivity index (χ1) is 15.8. The second-order valence-electron chi connectivity index (χ2n) is 7.84. The highest BCUT2D eigenvalue weighted by Crippen LogP contribution is 2.36. The Morgan fingerprint density at radius 1 is 1.36 bits per heavy atom. The summed E-state index contributed by atoms with van der Waals surface area (Å²) >= 11 is 0. The number of hydrogen-bond acceptors (Lipinski definition) is 6. The number of hydrogen-bond donors (Lipinski definition) is 2. The molecular formula is C22H26N6O4S. The van der Waals surface area contributed by atoms with Crippen molar-refractivity contribution < 1.29 is 18.5 Å². The van der Waals surface area contributed by atoms with E-state index in [-0.39, 0.29) is 16.7 Å². The van der Waals surface area contributed by atoms with Crippen molar-refractivity contribution in [3.63, 3.8) is 0 Å². The number of ether oxygens (including phenoxy) is 2. The van der Waals surface area contributed by atoms with Crippen molar-refractivity contribution in [3.8, 4) is 22.9 Å². The second-order valence-corrected chi connectivity index (χ2v) is 9.60. The monoisotopic (exact) mass is 470 g/mol. The fraction of sp³-hybridized carbons (Fsp3) is 0.318. The number of carbonyl (C=O) groups excluding carboxylic acids is 1. The molecule has 174 valence electrons. The van der Waals surface area contributed by atoms with Gasteiger partial charge in [0, 0.05) is 30.8 Å². The van der Waals surface area contributed by atoms with E-state index >= 15 is 0 Å². The lowest BCUT2D eigenvalue weighted by molar-refractivity contribution is 0.224. The molecule has 0 saturated heterocycles. The van der Waals surface area contributed by atoms with Crippen LogP contribution < -0.4 is 19.9 Å². The highest BCUT2D eigenvalue weighted by atomic mass is 32.2. The minimum Gasteiger partial charge on any atom is -0.481 e. The molecule has 33 heavy (non-hydrogen) atoms. The smallest absolute Gasteiger partial charge is 0.354 e. The summed E-state index contributed by atoms with van der Waals surface area (Å²) in [6.45, 7) is 5.11. The van der Waals surface area contributed by atoms with Crippen LogP contribution in [-0.4, -0.2) is 38.7 Å². The molecule has 4 rings (SSSR count). The summed E-state index contributed by atoms with van der Waals surface area (Å²) in [6.07, 6.45) is 3.75. The van der Waals surface area contributed by atoms with E-state index < -0.39 is 15.9 Å². The van der Waals surface area contributed by atoms with Gasteiger partial charge in [-0.15, -0.1) is 4.36 Å². The summed E-state index contributed by atoms with van der Waals surface area (Å²) in [5, 5.41) is 12.9. The first kappa shape index (κ1) is 22.7. The number of nitrogens with two attached hydrogens (primary N) is 1. The Balaban J connectivity index is 1.73. The fourth-order valence-corrected chi connectivity index (χ4v) is 4.67. The molecule has 0 spiro atoms. The molecule has 1 atom stereocenters. The topological polar surface area (TPSA) is 134 Å². The number of urea groups is 1. The Morgan fingerprint density at radius 3 is 2.94 bits per heavy atom. The molecule has 1 aromatic carbocycles. The van der Waals surface area contributed by atoms with Gasteiger partial charge in [0.05, 0.1) is 25.6 Å². The van der Waals surface area contributed by atoms with E-state index in [0.29, 0.717) is 24.7 Å². The summed E-state index contributed by atoms with van der Waals surface area (Å²) in [5.74, 6) is 0.833. The van der Waals surface area contributed by atoms with Crippen LogP contribution in [0.25, 0.3) is 11.1 Å². The third-order valence-corrected chi connectivity index (χ3v) is 6.60. The molecule has 3 heterocycles. The molecule has 0 saturated carbocycles. The third-order valence-electron chi connectivity index (χ3n) is 5.25. The van der Waals surface area contributed by atoms with E-state index in [2.05, 4.69) is 19.8 Å². The molecule has 2 amide bonds. The van der Waals surface area contributed by atoms with Gasteiger partial charge in [0.1, 0.15) is 4.90 Å². The predicted molar refractivity (Wildman–Crippen MR) is 125 cm³/mol. The van der Waals surface area contributed by atoms with Gasteiger partial charge in [-0.1, -0.05) is 32.0 Å². The zero-order valence-electron chi connectivity index (χ0n) is 18.6. The maximum absolute atomic E-state index is 13.2. The number of rotatable bonds is 5. The number of para-hydroxylation sites is 1. The van der Waals surface area contributed by atoms with Crippen LogP contribution in [0.15, 0.2) is 52.0 Å². The first-order valence-electron chi connectivity index (χ1n) is 10.5. The zero-order chi connectivity index (χ0) is 23.6. The molecule has 3 N–H and O–H groups in total. The molecule has 0 fully saturated rings. The van der Waals surface area contributed by atoms with Crippen LogP contribution in [0.4, 0.5) is 10.5 Å². The number of aromatic nitrogens is 3. The third kappa shape index (κ3) is 4.69. The molecule has 1 aliphatic heterocycles. The van der Waals surface area contributed by atoms with E-state index in [0.717, 1.165) is 23.1 Å². The van der Waals surface area contributed by atoms with Gasteiger partial charge in [-0.3, -0.25) is 0 Å². The van der Waals surface area contributed by atoms with Crippen LogP contribution in [0.5, 0.6) is 11.8 Å². The molecular weight excluding hydrogens is 444 g/mol. The average molecular weight is 471 g/mol. The first-order valence-corrected chi connectivity index (χ1v) is 12.1. The van der Waals surface area contributed by atoms with Crippen LogP contribution in [0.3, 0.4) is 0 Å². The lowest BCUT2D eigenvalue weighted by Crippen LogP contribution is -2.21. The van der Waals surface area contributed by atoms with Crippen LogP contribution in [0.1, 0.15) is 31.7 Å². The highest BCUT2D eigenvalue weighted by molar-refractivity contribution is 7.91. The summed E-state index contributed by atoms with van der Waals surface area (Å²) in [6, 6.07) is 8.47. The molecule has 0 unspecified atom stereocenters. The highest BCUT2D eigenvalue weighted by Gasteiger charge is 2.24. The maximum Gasteiger partial charge on any atom is 0.354 e. The van der Waals surface area contributed by atoms with Gasteiger partial charge in [-0.2, -0.15) is 5.10 Å². The van der Waals surface area contributed by atoms with Gasteiger partial charge >= 0.3 is 6.03 Å². The summed E-state index contributed by atoms with van der Waals surface area (Å²) in [5.41, 5.74) is 2.99. The van der Waals surface area contributed by atoms with Crippen molar-refractivity contribution in [2.75, 3.05) is 19.0 Å². The van der Waals surface area contributed by atoms with E-state index in [1.165, 1.54) is 13.3 Å². The number of methoxy groups -OCH3 is 1. The minimum absolute atomic E-state index is 0.0994. The van der Waals surface area contributed by atoms with Gasteiger partial charge < -0.3 is 14.8 Å². The Morgan fingerprint density at radius 2 is 2.18 bits per heavy atom. The lowest BCUT2D eigenvalue weighted by Gasteiger charge is -2.18. The lowest BCUT2D eigenvalue weighted by atomic mass is 9.94. The Hall–Kier alpha value is -3.44. The van der Waals surface area contributed by atoms with Crippen molar-refractivity contribution in [2.45, 2.75) is 37.6 Å². The average Bonchev–Trinajstić information content (AvgIpc) is 3.24. The van der Waals surface area contributed by atoms with Gasteiger partial charge in [-0.05, 0) is 23.1 Å². The molecule has 0 aliphatic carbocycles. The molecule has 11 heteroatoms. The number of anilines is 1. The maximum atomic E-state index is 13.2. The van der Waals surface area contributed by atoms with E-state index in [1.54, 1.807) is 16.9 Å². The van der Waals surface area contributed by atoms with Crippen molar-refractivity contribution in [1.29, 1.82) is 0 Å². The van der Waals surface area contributed by atoms with Crippen LogP contribution >= 0.6 is 0 Å².